The van der Waals surface area contributed by atoms with Gasteiger partial charge in [0.1, 0.15) is 12.1 Å². The van der Waals surface area contributed by atoms with Gasteiger partial charge in [0, 0.05) is 12.2 Å². The zero-order valence-corrected chi connectivity index (χ0v) is 16.3. The lowest BCUT2D eigenvalue weighted by Crippen LogP contribution is -2.62. The molecule has 27 heavy (non-hydrogen) atoms. The maximum Gasteiger partial charge on any atom is 0.319 e. The molecule has 4 amide bonds. The minimum absolute atomic E-state index is 0.0338. The van der Waals surface area contributed by atoms with Crippen LogP contribution in [-0.2, 0) is 9.59 Å². The predicted octanol–water partition coefficient (Wildman–Crippen LogP) is 2.06. The van der Waals surface area contributed by atoms with Gasteiger partial charge in [0.15, 0.2) is 0 Å². The molecular weight excluding hydrogens is 344 g/mol. The Morgan fingerprint density at radius 2 is 1.81 bits per heavy atom. The Hall–Kier alpha value is -2.57. The smallest absolute Gasteiger partial charge is 0.319 e. The van der Waals surface area contributed by atoms with Crippen molar-refractivity contribution >= 4 is 23.5 Å². The molecule has 2 heterocycles. The molecule has 2 saturated heterocycles. The second-order valence-corrected chi connectivity index (χ2v) is 8.04. The molecule has 2 aliphatic rings. The highest BCUT2D eigenvalue weighted by atomic mass is 16.2. The van der Waals surface area contributed by atoms with Crippen molar-refractivity contribution in [1.82, 2.24) is 15.5 Å². The molecule has 0 saturated carbocycles. The predicted molar refractivity (Wildman–Crippen MR) is 103 cm³/mol. The molecule has 3 atom stereocenters. The molecule has 0 radical (unpaired) electrons. The number of fused-ring (bicyclic) bond motifs is 1. The summed E-state index contributed by atoms with van der Waals surface area (Å²) >= 11 is 0. The number of benzene rings is 1. The molecule has 146 valence electrons. The maximum atomic E-state index is 12.6. The minimum Gasteiger partial charge on any atom is -0.342 e. The third-order valence-electron chi connectivity index (χ3n) is 5.29. The standard InChI is InChI=1S/C20H28N4O3/c1-11(2)13-5-7-14(8-6-13)21-20(27)22-15-9-16-18(25)23-17(12(3)4)19(26)24(16)10-15/h5-8,11-12,15-17H,9-10H2,1-4H3,(H,23,25)(H2,21,22,27)/t15-,16-,17-/m0/s1. The molecule has 1 aromatic rings. The fourth-order valence-corrected chi connectivity index (χ4v) is 3.68. The fraction of sp³-hybridized carbons (Fsp3) is 0.550. The van der Waals surface area contributed by atoms with Gasteiger partial charge in [0.25, 0.3) is 0 Å². The normalized spacial score (nSPS) is 24.8. The van der Waals surface area contributed by atoms with Gasteiger partial charge in [-0.1, -0.05) is 39.8 Å². The monoisotopic (exact) mass is 372 g/mol. The van der Waals surface area contributed by atoms with Crippen LogP contribution in [-0.4, -0.2) is 47.4 Å². The molecule has 0 aliphatic carbocycles. The van der Waals surface area contributed by atoms with Crippen LogP contribution in [0.3, 0.4) is 0 Å². The second kappa shape index (κ2) is 7.58. The number of urea groups is 1. The summed E-state index contributed by atoms with van der Waals surface area (Å²) in [6, 6.07) is 6.17. The van der Waals surface area contributed by atoms with Gasteiger partial charge >= 0.3 is 6.03 Å². The van der Waals surface area contributed by atoms with Crippen LogP contribution >= 0.6 is 0 Å². The van der Waals surface area contributed by atoms with Crippen molar-refractivity contribution in [1.29, 1.82) is 0 Å². The summed E-state index contributed by atoms with van der Waals surface area (Å²) in [6.07, 6.45) is 0.433. The highest BCUT2D eigenvalue weighted by Crippen LogP contribution is 2.25. The molecule has 7 nitrogen and oxygen atoms in total. The number of nitrogens with zero attached hydrogens (tertiary/aromatic N) is 1. The van der Waals surface area contributed by atoms with E-state index in [9.17, 15) is 14.4 Å². The van der Waals surface area contributed by atoms with Crippen molar-refractivity contribution in [3.63, 3.8) is 0 Å². The Morgan fingerprint density at radius 3 is 2.41 bits per heavy atom. The third kappa shape index (κ3) is 4.07. The van der Waals surface area contributed by atoms with Crippen LogP contribution < -0.4 is 16.0 Å². The molecule has 0 unspecified atom stereocenters. The van der Waals surface area contributed by atoms with Crippen LogP contribution in [0.25, 0.3) is 0 Å². The quantitative estimate of drug-likeness (QED) is 0.756. The minimum atomic E-state index is -0.497. The summed E-state index contributed by atoms with van der Waals surface area (Å²) in [7, 11) is 0. The molecular formula is C20H28N4O3. The van der Waals surface area contributed by atoms with E-state index < -0.39 is 12.1 Å². The van der Waals surface area contributed by atoms with Gasteiger partial charge in [-0.25, -0.2) is 4.79 Å². The maximum absolute atomic E-state index is 12.6. The van der Waals surface area contributed by atoms with Crippen LogP contribution in [0.15, 0.2) is 24.3 Å². The third-order valence-corrected chi connectivity index (χ3v) is 5.29. The Balaban J connectivity index is 1.58. The first kappa shape index (κ1) is 19.2. The molecule has 0 aromatic heterocycles. The van der Waals surface area contributed by atoms with Crippen molar-refractivity contribution in [2.24, 2.45) is 5.92 Å². The molecule has 2 aliphatic heterocycles. The first-order valence-electron chi connectivity index (χ1n) is 9.54. The molecule has 0 spiro atoms. The SMILES string of the molecule is CC(C)c1ccc(NC(=O)N[C@H]2C[C@H]3C(=O)N[C@@H](C(C)C)C(=O)N3C2)cc1. The number of carbonyl (C=O) groups is 3. The van der Waals surface area contributed by atoms with Crippen LogP contribution in [0.1, 0.15) is 45.6 Å². The lowest BCUT2D eigenvalue weighted by atomic mass is 9.98. The van der Waals surface area contributed by atoms with Gasteiger partial charge < -0.3 is 20.9 Å². The van der Waals surface area contributed by atoms with E-state index in [2.05, 4.69) is 29.8 Å². The average Bonchev–Trinajstić information content (AvgIpc) is 3.02. The summed E-state index contributed by atoms with van der Waals surface area (Å²) in [5, 5.41) is 8.50. The van der Waals surface area contributed by atoms with Crippen molar-refractivity contribution in [2.45, 2.75) is 58.2 Å². The molecule has 2 fully saturated rings. The van der Waals surface area contributed by atoms with E-state index >= 15 is 0 Å². The van der Waals surface area contributed by atoms with E-state index in [1.54, 1.807) is 4.90 Å². The summed E-state index contributed by atoms with van der Waals surface area (Å²) in [5.41, 5.74) is 1.92. The first-order valence-corrected chi connectivity index (χ1v) is 9.54. The van der Waals surface area contributed by atoms with Gasteiger partial charge in [0.05, 0.1) is 6.04 Å². The van der Waals surface area contributed by atoms with Gasteiger partial charge in [-0.2, -0.15) is 0 Å². The van der Waals surface area contributed by atoms with Gasteiger partial charge in [-0.3, -0.25) is 9.59 Å². The highest BCUT2D eigenvalue weighted by Gasteiger charge is 2.47. The van der Waals surface area contributed by atoms with Gasteiger partial charge in [0.2, 0.25) is 11.8 Å². The van der Waals surface area contributed by atoms with Crippen molar-refractivity contribution in [3.05, 3.63) is 29.8 Å². The van der Waals surface area contributed by atoms with Crippen LogP contribution in [0.4, 0.5) is 10.5 Å². The average molecular weight is 372 g/mol. The Bertz CT molecular complexity index is 729. The van der Waals surface area contributed by atoms with E-state index in [1.165, 1.54) is 5.56 Å². The lowest BCUT2D eigenvalue weighted by molar-refractivity contribution is -0.148. The van der Waals surface area contributed by atoms with Crippen molar-refractivity contribution in [2.75, 3.05) is 11.9 Å². The number of anilines is 1. The summed E-state index contributed by atoms with van der Waals surface area (Å²) < 4.78 is 0. The number of rotatable bonds is 4. The van der Waals surface area contributed by atoms with E-state index in [0.717, 1.165) is 0 Å². The Kier molecular flexibility index (Phi) is 5.39. The molecule has 7 heteroatoms. The van der Waals surface area contributed by atoms with Gasteiger partial charge in [-0.05, 0) is 36.0 Å². The molecule has 0 bridgehead atoms. The van der Waals surface area contributed by atoms with Crippen LogP contribution in [0, 0.1) is 5.92 Å². The lowest BCUT2D eigenvalue weighted by Gasteiger charge is -2.36. The molecule has 1 aromatic carbocycles. The largest absolute Gasteiger partial charge is 0.342 e. The number of carbonyl (C=O) groups excluding carboxylic acids is 3. The van der Waals surface area contributed by atoms with Gasteiger partial charge in [-0.15, -0.1) is 0 Å². The van der Waals surface area contributed by atoms with Crippen LogP contribution in [0.2, 0.25) is 0 Å². The Morgan fingerprint density at radius 1 is 1.15 bits per heavy atom. The summed E-state index contributed by atoms with van der Waals surface area (Å²) in [4.78, 5) is 38.8. The first-order chi connectivity index (χ1) is 12.8. The van der Waals surface area contributed by atoms with Crippen LogP contribution in [0.5, 0.6) is 0 Å². The van der Waals surface area contributed by atoms with E-state index in [-0.39, 0.29) is 29.8 Å². The summed E-state index contributed by atoms with van der Waals surface area (Å²) in [6.45, 7) is 8.41. The number of piperazine rings is 1. The number of hydrogen-bond donors (Lipinski definition) is 3. The Labute approximate surface area is 159 Å². The molecule has 3 N–H and O–H groups in total. The van der Waals surface area contributed by atoms with Crippen molar-refractivity contribution < 1.29 is 14.4 Å². The fourth-order valence-electron chi connectivity index (χ4n) is 3.68. The molecule has 3 rings (SSSR count). The second-order valence-electron chi connectivity index (χ2n) is 8.04. The van der Waals surface area contributed by atoms with Crippen molar-refractivity contribution in [3.8, 4) is 0 Å². The van der Waals surface area contributed by atoms with E-state index in [1.807, 2.05) is 38.1 Å². The number of hydrogen-bond acceptors (Lipinski definition) is 3. The zero-order chi connectivity index (χ0) is 19.7. The van der Waals surface area contributed by atoms with E-state index in [4.69, 9.17) is 0 Å². The summed E-state index contributed by atoms with van der Waals surface area (Å²) in [5.74, 6) is 0.263. The highest BCUT2D eigenvalue weighted by molar-refractivity contribution is 5.98. The number of amides is 4. The zero-order valence-electron chi connectivity index (χ0n) is 16.3. The topological polar surface area (TPSA) is 90.5 Å². The number of nitrogens with one attached hydrogen (secondary N) is 3. The van der Waals surface area contributed by atoms with E-state index in [0.29, 0.717) is 24.6 Å².